The van der Waals surface area contributed by atoms with Crippen LogP contribution in [0.3, 0.4) is 0 Å². The Morgan fingerprint density at radius 3 is 2.60 bits per heavy atom. The molecule has 102 valence electrons. The predicted octanol–water partition coefficient (Wildman–Crippen LogP) is 3.90. The molecule has 2 aromatic rings. The predicted molar refractivity (Wildman–Crippen MR) is 85.5 cm³/mol. The van der Waals surface area contributed by atoms with Crippen LogP contribution in [0.5, 0.6) is 0 Å². The van der Waals surface area contributed by atoms with Crippen LogP contribution >= 0.6 is 34.2 Å². The lowest BCUT2D eigenvalue weighted by Gasteiger charge is -2.08. The lowest BCUT2D eigenvalue weighted by Crippen LogP contribution is -2.13. The van der Waals surface area contributed by atoms with E-state index >= 15 is 0 Å². The number of carbonyl (C=O) groups excluding carboxylic acids is 1. The molecule has 0 aliphatic rings. The highest BCUT2D eigenvalue weighted by Gasteiger charge is 2.12. The van der Waals surface area contributed by atoms with Gasteiger partial charge in [-0.1, -0.05) is 17.7 Å². The van der Waals surface area contributed by atoms with Crippen molar-refractivity contribution in [1.82, 2.24) is 0 Å². The quantitative estimate of drug-likeness (QED) is 0.767. The van der Waals surface area contributed by atoms with Gasteiger partial charge in [-0.2, -0.15) is 0 Å². The van der Waals surface area contributed by atoms with Crippen LogP contribution in [0.2, 0.25) is 5.02 Å². The fourth-order valence-corrected chi connectivity index (χ4v) is 2.29. The number of benzene rings is 2. The van der Waals surface area contributed by atoms with Crippen molar-refractivity contribution in [3.05, 3.63) is 62.2 Å². The second-order valence-electron chi connectivity index (χ2n) is 3.96. The molecular weight excluding hydrogens is 393 g/mol. The Bertz CT molecular complexity index is 688. The fourth-order valence-electron chi connectivity index (χ4n) is 1.60. The zero-order chi connectivity index (χ0) is 14.7. The van der Waals surface area contributed by atoms with Gasteiger partial charge >= 0.3 is 5.97 Å². The number of rotatable bonds is 3. The summed E-state index contributed by atoms with van der Waals surface area (Å²) in [5, 5.41) is 11.9. The van der Waals surface area contributed by atoms with E-state index in [1.165, 1.54) is 12.1 Å². The van der Waals surface area contributed by atoms with E-state index < -0.39 is 5.97 Å². The second kappa shape index (κ2) is 6.23. The highest BCUT2D eigenvalue weighted by atomic mass is 127. The molecule has 2 rings (SSSR count). The van der Waals surface area contributed by atoms with Crippen molar-refractivity contribution in [2.24, 2.45) is 0 Å². The monoisotopic (exact) mass is 401 g/mol. The van der Waals surface area contributed by atoms with Gasteiger partial charge in [-0.15, -0.1) is 0 Å². The zero-order valence-corrected chi connectivity index (χ0v) is 13.0. The highest BCUT2D eigenvalue weighted by molar-refractivity contribution is 14.1. The minimum atomic E-state index is -1.05. The molecule has 0 unspecified atom stereocenters. The Morgan fingerprint density at radius 1 is 1.15 bits per heavy atom. The molecule has 0 fully saturated rings. The Hall–Kier alpha value is -1.60. The lowest BCUT2D eigenvalue weighted by atomic mass is 10.1. The average Bonchev–Trinajstić information content (AvgIpc) is 2.41. The topological polar surface area (TPSA) is 66.4 Å². The molecule has 0 bridgehead atoms. The van der Waals surface area contributed by atoms with E-state index in [1.54, 1.807) is 30.3 Å². The first kappa shape index (κ1) is 14.8. The molecule has 6 heteroatoms. The molecule has 0 heterocycles. The first-order valence-electron chi connectivity index (χ1n) is 5.57. The van der Waals surface area contributed by atoms with Gasteiger partial charge in [0.25, 0.3) is 5.91 Å². The van der Waals surface area contributed by atoms with Crippen LogP contribution in [0.4, 0.5) is 5.69 Å². The molecule has 4 nitrogen and oxygen atoms in total. The summed E-state index contributed by atoms with van der Waals surface area (Å²) >= 11 is 8.06. The normalized spacial score (nSPS) is 10.1. The molecule has 0 spiro atoms. The van der Waals surface area contributed by atoms with Crippen LogP contribution in [-0.4, -0.2) is 17.0 Å². The van der Waals surface area contributed by atoms with E-state index in [1.807, 2.05) is 0 Å². The number of hydrogen-bond acceptors (Lipinski definition) is 2. The largest absolute Gasteiger partial charge is 0.478 e. The molecule has 1 amide bonds. The molecule has 2 N–H and O–H groups in total. The van der Waals surface area contributed by atoms with Gasteiger partial charge in [-0.25, -0.2) is 4.79 Å². The summed E-state index contributed by atoms with van der Waals surface area (Å²) in [5.41, 5.74) is 0.862. The van der Waals surface area contributed by atoms with Gasteiger partial charge in [0.2, 0.25) is 0 Å². The number of carboxylic acid groups (broad SMARTS) is 1. The molecule has 0 atom stereocenters. The average molecular weight is 402 g/mol. The fraction of sp³-hybridized carbons (Fsp3) is 0. The van der Waals surface area contributed by atoms with Crippen LogP contribution in [-0.2, 0) is 0 Å². The van der Waals surface area contributed by atoms with Crippen LogP contribution in [0.25, 0.3) is 0 Å². The standard InChI is InChI=1S/C14H9ClINO3/c15-12-5-4-9(16)7-11(12)13(18)17-10-3-1-2-8(6-10)14(19)20/h1-7H,(H,17,18)(H,19,20). The van der Waals surface area contributed by atoms with Crippen LogP contribution in [0.15, 0.2) is 42.5 Å². The molecule has 0 saturated heterocycles. The number of aromatic carboxylic acids is 1. The van der Waals surface area contributed by atoms with Crippen LogP contribution < -0.4 is 5.32 Å². The number of hydrogen-bond donors (Lipinski definition) is 2. The third-order valence-corrected chi connectivity index (χ3v) is 3.54. The highest BCUT2D eigenvalue weighted by Crippen LogP contribution is 2.20. The minimum absolute atomic E-state index is 0.108. The summed E-state index contributed by atoms with van der Waals surface area (Å²) in [4.78, 5) is 23.0. The summed E-state index contributed by atoms with van der Waals surface area (Å²) in [6.45, 7) is 0. The van der Waals surface area contributed by atoms with E-state index in [0.29, 0.717) is 16.3 Å². The smallest absolute Gasteiger partial charge is 0.335 e. The number of anilines is 1. The Labute approximate surface area is 133 Å². The Morgan fingerprint density at radius 2 is 1.90 bits per heavy atom. The lowest BCUT2D eigenvalue weighted by molar-refractivity contribution is 0.0696. The molecule has 0 saturated carbocycles. The summed E-state index contributed by atoms with van der Waals surface area (Å²) in [6.07, 6.45) is 0. The van der Waals surface area contributed by atoms with Crippen molar-refractivity contribution in [2.75, 3.05) is 5.32 Å². The number of carbonyl (C=O) groups is 2. The van der Waals surface area contributed by atoms with E-state index in [2.05, 4.69) is 27.9 Å². The van der Waals surface area contributed by atoms with Gasteiger partial charge in [0, 0.05) is 9.26 Å². The third kappa shape index (κ3) is 3.49. The van der Waals surface area contributed by atoms with Crippen LogP contribution in [0, 0.1) is 3.57 Å². The maximum absolute atomic E-state index is 12.1. The Balaban J connectivity index is 2.25. The second-order valence-corrected chi connectivity index (χ2v) is 5.62. The SMILES string of the molecule is O=C(O)c1cccc(NC(=O)c2cc(I)ccc2Cl)c1. The van der Waals surface area contributed by atoms with Gasteiger partial charge in [0.15, 0.2) is 0 Å². The molecular formula is C14H9ClINO3. The van der Waals surface area contributed by atoms with Gasteiger partial charge in [-0.3, -0.25) is 4.79 Å². The molecule has 0 aliphatic carbocycles. The van der Waals surface area contributed by atoms with Crippen molar-refractivity contribution in [2.45, 2.75) is 0 Å². The van der Waals surface area contributed by atoms with E-state index in [0.717, 1.165) is 3.57 Å². The summed E-state index contributed by atoms with van der Waals surface area (Å²) < 4.78 is 0.886. The van der Waals surface area contributed by atoms with Crippen molar-refractivity contribution < 1.29 is 14.7 Å². The number of carboxylic acids is 1. The van der Waals surface area contributed by atoms with Gasteiger partial charge in [0.1, 0.15) is 0 Å². The number of nitrogens with one attached hydrogen (secondary N) is 1. The van der Waals surface area contributed by atoms with E-state index in [9.17, 15) is 9.59 Å². The van der Waals surface area contributed by atoms with E-state index in [-0.39, 0.29) is 11.5 Å². The van der Waals surface area contributed by atoms with Crippen LogP contribution in [0.1, 0.15) is 20.7 Å². The molecule has 20 heavy (non-hydrogen) atoms. The first-order valence-corrected chi connectivity index (χ1v) is 7.03. The number of halogens is 2. The van der Waals surface area contributed by atoms with Crippen molar-refractivity contribution in [1.29, 1.82) is 0 Å². The molecule has 0 aromatic heterocycles. The van der Waals surface area contributed by atoms with Crippen molar-refractivity contribution in [3.8, 4) is 0 Å². The summed E-state index contributed by atoms with van der Waals surface area (Å²) in [6, 6.07) is 11.1. The van der Waals surface area contributed by atoms with Gasteiger partial charge in [-0.05, 0) is 59.0 Å². The van der Waals surface area contributed by atoms with Crippen molar-refractivity contribution in [3.63, 3.8) is 0 Å². The summed E-state index contributed by atoms with van der Waals surface area (Å²) in [5.74, 6) is -1.43. The number of amides is 1. The van der Waals surface area contributed by atoms with Gasteiger partial charge < -0.3 is 10.4 Å². The van der Waals surface area contributed by atoms with Gasteiger partial charge in [0.05, 0.1) is 16.1 Å². The molecule has 0 aliphatic heterocycles. The maximum atomic E-state index is 12.1. The molecule has 2 aromatic carbocycles. The molecule has 0 radical (unpaired) electrons. The first-order chi connectivity index (χ1) is 9.47. The zero-order valence-electron chi connectivity index (χ0n) is 10.1. The third-order valence-electron chi connectivity index (χ3n) is 2.54. The minimum Gasteiger partial charge on any atom is -0.478 e. The van der Waals surface area contributed by atoms with Crippen molar-refractivity contribution >= 4 is 51.8 Å². The summed E-state index contributed by atoms with van der Waals surface area (Å²) in [7, 11) is 0. The van der Waals surface area contributed by atoms with E-state index in [4.69, 9.17) is 16.7 Å². The maximum Gasteiger partial charge on any atom is 0.335 e. The Kier molecular flexibility index (Phi) is 4.61.